The minimum Gasteiger partial charge on any atom is -0.350 e. The maximum absolute atomic E-state index is 13.9. The molecule has 14 heteroatoms. The van der Waals surface area contributed by atoms with Gasteiger partial charge in [0.15, 0.2) is 5.13 Å². The molecule has 3 aromatic carbocycles. The summed E-state index contributed by atoms with van der Waals surface area (Å²) in [6, 6.07) is 18.4. The predicted molar refractivity (Wildman–Crippen MR) is 229 cm³/mol. The Morgan fingerprint density at radius 3 is 2.07 bits per heavy atom. The molecule has 5 N–H and O–H groups in total. The Morgan fingerprint density at radius 2 is 1.40 bits per heavy atom. The average molecular weight is 796 g/mol. The number of thiazole rings is 1. The molecular weight excluding hydrogens is 747 g/mol. The second-order valence-electron chi connectivity index (χ2n) is 16.2. The van der Waals surface area contributed by atoms with Crippen molar-refractivity contribution in [3.8, 4) is 22.4 Å². The molecule has 2 aliphatic rings. The Kier molecular flexibility index (Phi) is 10.2. The molecule has 9 rings (SSSR count). The van der Waals surface area contributed by atoms with Gasteiger partial charge in [0.25, 0.3) is 0 Å². The zero-order valence-electron chi connectivity index (χ0n) is 33.2. The molecule has 4 atom stereocenters. The summed E-state index contributed by atoms with van der Waals surface area (Å²) >= 11 is 1.51. The molecule has 0 radical (unpaired) electrons. The van der Waals surface area contributed by atoms with E-state index in [4.69, 9.17) is 9.97 Å². The minimum absolute atomic E-state index is 0.0594. The highest BCUT2D eigenvalue weighted by atomic mass is 32.1. The van der Waals surface area contributed by atoms with Crippen LogP contribution in [0.25, 0.3) is 44.2 Å². The second kappa shape index (κ2) is 15.7. The summed E-state index contributed by atoms with van der Waals surface area (Å²) in [4.78, 5) is 60.3. The number of nitrogens with one attached hydrogen (secondary N) is 5. The maximum Gasteiger partial charge on any atom is 0.246 e. The third-order valence-corrected chi connectivity index (χ3v) is 12.4. The highest BCUT2D eigenvalue weighted by Crippen LogP contribution is 2.36. The Bertz CT molecular complexity index is 2540. The number of likely N-dealkylation sites (tertiary alicyclic amines) is 2. The summed E-state index contributed by atoms with van der Waals surface area (Å²) < 4.78 is 0. The number of carbonyl (C=O) groups is 2. The number of imidazole rings is 3. The van der Waals surface area contributed by atoms with Crippen molar-refractivity contribution in [3.05, 3.63) is 96.4 Å². The van der Waals surface area contributed by atoms with Crippen molar-refractivity contribution >= 4 is 56.0 Å². The van der Waals surface area contributed by atoms with Crippen LogP contribution >= 0.6 is 11.3 Å². The van der Waals surface area contributed by atoms with Crippen LogP contribution in [0.2, 0.25) is 0 Å². The number of fused-ring (bicyclic) bond motifs is 2. The number of nitrogens with zero attached hydrogens (tertiary/aromatic N) is 6. The van der Waals surface area contributed by atoms with E-state index < -0.39 is 6.04 Å². The molecule has 2 amide bonds. The molecule has 2 saturated heterocycles. The van der Waals surface area contributed by atoms with Crippen LogP contribution in [0.5, 0.6) is 0 Å². The molecule has 2 aliphatic heterocycles. The van der Waals surface area contributed by atoms with Crippen molar-refractivity contribution < 1.29 is 9.59 Å². The number of rotatable bonds is 12. The van der Waals surface area contributed by atoms with Gasteiger partial charge in [-0.1, -0.05) is 58.0 Å². The summed E-state index contributed by atoms with van der Waals surface area (Å²) in [6.45, 7) is 9.64. The number of hydrogen-bond donors (Lipinski definition) is 5. The van der Waals surface area contributed by atoms with Gasteiger partial charge in [0.05, 0.1) is 35.0 Å². The van der Waals surface area contributed by atoms with E-state index in [1.54, 1.807) is 18.6 Å². The Balaban J connectivity index is 0.905. The molecule has 0 spiro atoms. The number of carbonyl (C=O) groups excluding carboxylic acids is 2. The maximum atomic E-state index is 13.9. The predicted octanol–water partition coefficient (Wildman–Crippen LogP) is 8.55. The van der Waals surface area contributed by atoms with Gasteiger partial charge in [-0.3, -0.25) is 9.59 Å². The van der Waals surface area contributed by atoms with Crippen LogP contribution in [-0.2, 0) is 9.59 Å². The number of aromatic amines is 3. The van der Waals surface area contributed by atoms with E-state index in [-0.39, 0.29) is 41.8 Å². The first-order valence-corrected chi connectivity index (χ1v) is 21.2. The van der Waals surface area contributed by atoms with Gasteiger partial charge in [0.1, 0.15) is 23.7 Å². The molecule has 298 valence electrons. The lowest BCUT2D eigenvalue weighted by Gasteiger charge is -2.30. The largest absolute Gasteiger partial charge is 0.350 e. The summed E-state index contributed by atoms with van der Waals surface area (Å²) in [5.74, 6) is 2.57. The number of H-pyrrole nitrogens is 3. The number of hydrogen-bond acceptors (Lipinski definition) is 9. The Hall–Kier alpha value is -6.02. The lowest BCUT2D eigenvalue weighted by molar-refractivity contribution is -0.134. The van der Waals surface area contributed by atoms with E-state index in [0.717, 1.165) is 86.7 Å². The number of aromatic nitrogens is 7. The van der Waals surface area contributed by atoms with Crippen LogP contribution in [0.1, 0.15) is 77.1 Å². The van der Waals surface area contributed by atoms with Gasteiger partial charge in [-0.25, -0.2) is 19.9 Å². The summed E-state index contributed by atoms with van der Waals surface area (Å²) in [5.41, 5.74) is 6.01. The van der Waals surface area contributed by atoms with Crippen LogP contribution in [0.15, 0.2) is 84.8 Å². The van der Waals surface area contributed by atoms with Gasteiger partial charge in [0.2, 0.25) is 17.8 Å². The topological polar surface area (TPSA) is 164 Å². The highest BCUT2D eigenvalue weighted by Gasteiger charge is 2.38. The van der Waals surface area contributed by atoms with Gasteiger partial charge >= 0.3 is 0 Å². The zero-order chi connectivity index (χ0) is 39.9. The number of anilines is 2. The third-order valence-electron chi connectivity index (χ3n) is 11.7. The highest BCUT2D eigenvalue weighted by molar-refractivity contribution is 7.13. The molecule has 58 heavy (non-hydrogen) atoms. The van der Waals surface area contributed by atoms with Gasteiger partial charge in [-0.2, -0.15) is 0 Å². The monoisotopic (exact) mass is 795 g/mol. The van der Waals surface area contributed by atoms with Crippen molar-refractivity contribution in [1.82, 2.24) is 44.7 Å². The van der Waals surface area contributed by atoms with Gasteiger partial charge < -0.3 is 35.4 Å². The van der Waals surface area contributed by atoms with Crippen LogP contribution in [0.3, 0.4) is 0 Å². The van der Waals surface area contributed by atoms with Crippen LogP contribution in [-0.4, -0.2) is 81.7 Å². The van der Waals surface area contributed by atoms with E-state index in [1.807, 2.05) is 35.2 Å². The molecular formula is C44H49N11O2S. The van der Waals surface area contributed by atoms with Gasteiger partial charge in [0, 0.05) is 42.6 Å². The van der Waals surface area contributed by atoms with Crippen LogP contribution in [0, 0.1) is 11.8 Å². The van der Waals surface area contributed by atoms with Gasteiger partial charge in [-0.15, -0.1) is 11.3 Å². The average Bonchev–Trinajstić information content (AvgIpc) is 4.08. The molecule has 0 saturated carbocycles. The molecule has 7 aromatic rings. The van der Waals surface area contributed by atoms with Crippen LogP contribution in [0.4, 0.5) is 11.1 Å². The normalized spacial score (nSPS) is 18.2. The quantitative estimate of drug-likeness (QED) is 0.0822. The van der Waals surface area contributed by atoms with Crippen LogP contribution < -0.4 is 10.6 Å². The summed E-state index contributed by atoms with van der Waals surface area (Å²) in [5, 5.41) is 11.6. The number of amides is 2. The molecule has 13 nitrogen and oxygen atoms in total. The molecule has 2 fully saturated rings. The second-order valence-corrected chi connectivity index (χ2v) is 17.1. The molecule has 0 unspecified atom stereocenters. The smallest absolute Gasteiger partial charge is 0.246 e. The summed E-state index contributed by atoms with van der Waals surface area (Å²) in [7, 11) is 0. The summed E-state index contributed by atoms with van der Waals surface area (Å²) in [6.07, 6.45) is 10.7. The van der Waals surface area contributed by atoms with Crippen molar-refractivity contribution in [2.45, 2.75) is 77.5 Å². The number of benzene rings is 3. The lowest BCUT2D eigenvalue weighted by atomic mass is 9.99. The molecule has 6 heterocycles. The SMILES string of the molecule is CC(C)[C@H](Nc1ncc[nH]1)C(=O)N1CCC[C@H]1c1ncc(-c2ccc3cc(-c4ccc5nc([C@@H]6CCCN6C(=O)[C@@H](Nc6nccs6)C(C)C)[nH]c5c4)ccc3c2)[nH]1. The Morgan fingerprint density at radius 1 is 0.741 bits per heavy atom. The van der Waals surface area contributed by atoms with Crippen molar-refractivity contribution in [2.24, 2.45) is 11.8 Å². The van der Waals surface area contributed by atoms with E-state index in [1.165, 1.54) is 11.3 Å². The van der Waals surface area contributed by atoms with Crippen molar-refractivity contribution in [2.75, 3.05) is 23.7 Å². The van der Waals surface area contributed by atoms with Crippen molar-refractivity contribution in [1.29, 1.82) is 0 Å². The van der Waals surface area contributed by atoms with Gasteiger partial charge in [-0.05, 0) is 83.7 Å². The zero-order valence-corrected chi connectivity index (χ0v) is 34.0. The fourth-order valence-corrected chi connectivity index (χ4v) is 9.11. The first kappa shape index (κ1) is 37.6. The molecule has 4 aromatic heterocycles. The van der Waals surface area contributed by atoms with E-state index in [9.17, 15) is 9.59 Å². The third kappa shape index (κ3) is 7.32. The molecule has 0 aliphatic carbocycles. The van der Waals surface area contributed by atoms with E-state index >= 15 is 0 Å². The fourth-order valence-electron chi connectivity index (χ4n) is 8.55. The first-order chi connectivity index (χ1) is 28.2. The minimum atomic E-state index is -0.397. The lowest BCUT2D eigenvalue weighted by Crippen LogP contribution is -2.45. The van der Waals surface area contributed by atoms with E-state index in [2.05, 4.69) is 104 Å². The molecule has 0 bridgehead atoms. The standard InChI is InChI=1S/C44H49N11O2S/c1-25(2)37(52-43-45-15-16-46-43)41(56)54-18-5-7-35(54)39-48-24-34(51-39)31-12-11-27-21-28(9-10-29(27)22-31)30-13-14-32-33(23-30)50-40(49-32)36-8-6-19-55(36)42(57)38(26(3)4)53-44-47-17-20-58-44/h9-17,20-26,35-38H,5-8,18-19H2,1-4H3,(H,47,53)(H,48,51)(H,49,50)(H2,45,46,52)/t35-,36-,37-,38-/m0/s1. The van der Waals surface area contributed by atoms with E-state index in [0.29, 0.717) is 19.0 Å². The Labute approximate surface area is 341 Å². The van der Waals surface area contributed by atoms with Crippen molar-refractivity contribution in [3.63, 3.8) is 0 Å². The first-order valence-electron chi connectivity index (χ1n) is 20.3. The fraction of sp³-hybridized carbons (Fsp3) is 0.364.